The average molecular weight is 476 g/mol. The zero-order valence-electron chi connectivity index (χ0n) is 15.7. The summed E-state index contributed by atoms with van der Waals surface area (Å²) in [5, 5.41) is 16.0. The fourth-order valence-electron chi connectivity index (χ4n) is 2.83. The fourth-order valence-corrected chi connectivity index (χ4v) is 3.45. The summed E-state index contributed by atoms with van der Waals surface area (Å²) < 4.78 is 6.14. The minimum atomic E-state index is -0.170. The summed E-state index contributed by atoms with van der Waals surface area (Å²) in [7, 11) is 0. The van der Waals surface area contributed by atoms with E-state index >= 15 is 0 Å². The van der Waals surface area contributed by atoms with Gasteiger partial charge in [-0.05, 0) is 97.3 Å². The van der Waals surface area contributed by atoms with Gasteiger partial charge in [-0.25, -0.2) is 0 Å². The number of anilines is 1. The smallest absolute Gasteiger partial charge is 0.280 e. The van der Waals surface area contributed by atoms with Crippen LogP contribution in [0.15, 0.2) is 41.0 Å². The minimum Gasteiger partial charge on any atom is -0.504 e. The number of benzene rings is 2. The van der Waals surface area contributed by atoms with Crippen LogP contribution in [-0.2, 0) is 4.79 Å². The van der Waals surface area contributed by atoms with Crippen molar-refractivity contribution in [2.75, 3.05) is 11.6 Å². The number of ether oxygens (including phenoxy) is 1. The number of hydrazone groups is 1. The van der Waals surface area contributed by atoms with Crippen molar-refractivity contribution in [2.45, 2.75) is 27.7 Å². The Morgan fingerprint density at radius 2 is 1.93 bits per heavy atom. The third-order valence-electron chi connectivity index (χ3n) is 4.46. The number of aromatic hydroxyl groups is 1. The lowest BCUT2D eigenvalue weighted by atomic mass is 10.1. The second-order valence-corrected chi connectivity index (χ2v) is 7.57. The molecule has 0 saturated carbocycles. The van der Waals surface area contributed by atoms with Crippen LogP contribution in [-0.4, -0.2) is 23.3 Å². The molecule has 1 heterocycles. The highest BCUT2D eigenvalue weighted by Gasteiger charge is 2.29. The number of phenols is 1. The Bertz CT molecular complexity index is 980. The highest BCUT2D eigenvalue weighted by atomic mass is 127. The highest BCUT2D eigenvalue weighted by Crippen LogP contribution is 2.34. The van der Waals surface area contributed by atoms with Gasteiger partial charge in [0.05, 0.1) is 27.1 Å². The maximum Gasteiger partial charge on any atom is 0.280 e. The average Bonchev–Trinajstić information content (AvgIpc) is 2.90. The Labute approximate surface area is 172 Å². The van der Waals surface area contributed by atoms with Gasteiger partial charge in [0, 0.05) is 0 Å². The number of phenolic OH excluding ortho intramolecular Hbond substituents is 1. The molecule has 0 bridgehead atoms. The number of aryl methyl sites for hydroxylation is 2. The van der Waals surface area contributed by atoms with Gasteiger partial charge in [0.1, 0.15) is 0 Å². The molecule has 0 unspecified atom stereocenters. The van der Waals surface area contributed by atoms with E-state index in [1.54, 1.807) is 12.1 Å². The molecular formula is C21H21IN2O3. The molecule has 2 aromatic carbocycles. The Morgan fingerprint density at radius 1 is 1.19 bits per heavy atom. The SMILES string of the molecule is CCOc1cc(/C=C2/C(=O)N(c3ccc(C)c(C)c3)N=C2C)cc(I)c1O. The van der Waals surface area contributed by atoms with Gasteiger partial charge >= 0.3 is 0 Å². The van der Waals surface area contributed by atoms with Crippen molar-refractivity contribution >= 4 is 46.0 Å². The molecular weight excluding hydrogens is 455 g/mol. The second-order valence-electron chi connectivity index (χ2n) is 6.41. The van der Waals surface area contributed by atoms with Crippen molar-refractivity contribution in [1.29, 1.82) is 0 Å². The molecule has 27 heavy (non-hydrogen) atoms. The second kappa shape index (κ2) is 7.72. The van der Waals surface area contributed by atoms with Gasteiger partial charge in [0.25, 0.3) is 5.91 Å². The number of halogens is 1. The molecule has 1 N–H and O–H groups in total. The first kappa shape index (κ1) is 19.4. The van der Waals surface area contributed by atoms with Gasteiger partial charge in [-0.2, -0.15) is 10.1 Å². The summed E-state index contributed by atoms with van der Waals surface area (Å²) in [5.74, 6) is 0.346. The van der Waals surface area contributed by atoms with Crippen LogP contribution < -0.4 is 9.75 Å². The van der Waals surface area contributed by atoms with E-state index in [1.807, 2.05) is 74.6 Å². The summed E-state index contributed by atoms with van der Waals surface area (Å²) in [4.78, 5) is 12.9. The normalized spacial score (nSPS) is 15.4. The van der Waals surface area contributed by atoms with Crippen molar-refractivity contribution in [2.24, 2.45) is 5.10 Å². The van der Waals surface area contributed by atoms with Crippen molar-refractivity contribution < 1.29 is 14.6 Å². The predicted molar refractivity (Wildman–Crippen MR) is 116 cm³/mol. The number of nitrogens with zero attached hydrogens (tertiary/aromatic N) is 2. The molecule has 3 rings (SSSR count). The van der Waals surface area contributed by atoms with Crippen LogP contribution in [0.5, 0.6) is 11.5 Å². The first-order valence-electron chi connectivity index (χ1n) is 8.66. The van der Waals surface area contributed by atoms with E-state index < -0.39 is 0 Å². The first-order chi connectivity index (χ1) is 12.8. The van der Waals surface area contributed by atoms with Crippen LogP contribution >= 0.6 is 22.6 Å². The number of rotatable bonds is 4. The van der Waals surface area contributed by atoms with Crippen LogP contribution in [0.2, 0.25) is 0 Å². The molecule has 0 spiro atoms. The zero-order valence-corrected chi connectivity index (χ0v) is 17.9. The summed E-state index contributed by atoms with van der Waals surface area (Å²) >= 11 is 2.05. The third-order valence-corrected chi connectivity index (χ3v) is 5.28. The van der Waals surface area contributed by atoms with Crippen LogP contribution in [0.3, 0.4) is 0 Å². The van der Waals surface area contributed by atoms with Gasteiger partial charge in [-0.1, -0.05) is 6.07 Å². The topological polar surface area (TPSA) is 62.1 Å². The number of carbonyl (C=O) groups excluding carboxylic acids is 1. The van der Waals surface area contributed by atoms with Crippen molar-refractivity contribution in [1.82, 2.24) is 0 Å². The number of hydrogen-bond acceptors (Lipinski definition) is 4. The van der Waals surface area contributed by atoms with E-state index in [1.165, 1.54) is 10.6 Å². The summed E-state index contributed by atoms with van der Waals surface area (Å²) in [5.41, 5.74) is 4.99. The monoisotopic (exact) mass is 476 g/mol. The quantitative estimate of drug-likeness (QED) is 0.509. The van der Waals surface area contributed by atoms with Crippen LogP contribution in [0, 0.1) is 17.4 Å². The lowest BCUT2D eigenvalue weighted by Crippen LogP contribution is -2.21. The van der Waals surface area contributed by atoms with Crippen LogP contribution in [0.4, 0.5) is 5.69 Å². The summed E-state index contributed by atoms with van der Waals surface area (Å²) in [6, 6.07) is 9.39. The van der Waals surface area contributed by atoms with Gasteiger partial charge in [0.15, 0.2) is 11.5 Å². The fraction of sp³-hybridized carbons (Fsp3) is 0.238. The Balaban J connectivity index is 1.97. The van der Waals surface area contributed by atoms with Gasteiger partial charge in [-0.3, -0.25) is 4.79 Å². The molecule has 6 heteroatoms. The Kier molecular flexibility index (Phi) is 5.55. The summed E-state index contributed by atoms with van der Waals surface area (Å²) in [6.45, 7) is 8.17. The molecule has 0 fully saturated rings. The molecule has 5 nitrogen and oxygen atoms in total. The zero-order chi connectivity index (χ0) is 19.7. The molecule has 0 aromatic heterocycles. The first-order valence-corrected chi connectivity index (χ1v) is 9.74. The van der Waals surface area contributed by atoms with Crippen LogP contribution in [0.1, 0.15) is 30.5 Å². The van der Waals surface area contributed by atoms with E-state index in [4.69, 9.17) is 4.74 Å². The lowest BCUT2D eigenvalue weighted by Gasteiger charge is -2.13. The maximum atomic E-state index is 12.9. The van der Waals surface area contributed by atoms with E-state index in [0.717, 1.165) is 16.8 Å². The molecule has 1 aliphatic heterocycles. The number of carbonyl (C=O) groups is 1. The molecule has 140 valence electrons. The Hall–Kier alpha value is -2.35. The lowest BCUT2D eigenvalue weighted by molar-refractivity contribution is -0.114. The van der Waals surface area contributed by atoms with Gasteiger partial charge in [-0.15, -0.1) is 0 Å². The van der Waals surface area contributed by atoms with E-state index in [2.05, 4.69) is 5.10 Å². The molecule has 1 amide bonds. The molecule has 2 aromatic rings. The number of amides is 1. The van der Waals surface area contributed by atoms with E-state index in [-0.39, 0.29) is 11.7 Å². The van der Waals surface area contributed by atoms with Crippen molar-refractivity contribution in [3.8, 4) is 11.5 Å². The highest BCUT2D eigenvalue weighted by molar-refractivity contribution is 14.1. The maximum absolute atomic E-state index is 12.9. The molecule has 0 atom stereocenters. The largest absolute Gasteiger partial charge is 0.504 e. The molecule has 1 aliphatic rings. The standard InChI is InChI=1S/C21H21IN2O3/c1-5-27-19-11-15(10-18(22)20(19)25)9-17-14(4)23-24(21(17)26)16-7-6-12(2)13(3)8-16/h6-11,25H,5H2,1-4H3/b17-9+. The van der Waals surface area contributed by atoms with Gasteiger partial charge in [0.2, 0.25) is 0 Å². The van der Waals surface area contributed by atoms with Crippen molar-refractivity contribution in [3.05, 3.63) is 56.2 Å². The Morgan fingerprint density at radius 3 is 2.59 bits per heavy atom. The summed E-state index contributed by atoms with van der Waals surface area (Å²) in [6.07, 6.45) is 1.78. The predicted octanol–water partition coefficient (Wildman–Crippen LogP) is 4.82. The van der Waals surface area contributed by atoms with Gasteiger partial charge < -0.3 is 9.84 Å². The molecule has 0 radical (unpaired) electrons. The third kappa shape index (κ3) is 3.85. The molecule has 0 saturated heterocycles. The number of hydrogen-bond donors (Lipinski definition) is 1. The molecule has 0 aliphatic carbocycles. The van der Waals surface area contributed by atoms with Crippen LogP contribution in [0.25, 0.3) is 6.08 Å². The van der Waals surface area contributed by atoms with E-state index in [9.17, 15) is 9.90 Å². The minimum absolute atomic E-state index is 0.111. The van der Waals surface area contributed by atoms with Crippen molar-refractivity contribution in [3.63, 3.8) is 0 Å². The van der Waals surface area contributed by atoms with E-state index in [0.29, 0.717) is 27.2 Å².